The van der Waals surface area contributed by atoms with Crippen molar-refractivity contribution in [3.05, 3.63) is 65.9 Å². The van der Waals surface area contributed by atoms with E-state index in [-0.39, 0.29) is 11.6 Å². The number of aromatic amines is 1. The van der Waals surface area contributed by atoms with Crippen LogP contribution in [0.2, 0.25) is 0 Å². The number of rotatable bonds is 4. The first kappa shape index (κ1) is 12.5. The molecule has 2 aromatic heterocycles. The largest absolute Gasteiger partial charge is 0.352 e. The number of ketones is 1. The van der Waals surface area contributed by atoms with Gasteiger partial charge in [0.1, 0.15) is 5.82 Å². The van der Waals surface area contributed by atoms with Gasteiger partial charge in [0.05, 0.1) is 5.69 Å². The summed E-state index contributed by atoms with van der Waals surface area (Å²) in [6, 6.07) is 9.94. The Morgan fingerprint density at radius 2 is 2.15 bits per heavy atom. The van der Waals surface area contributed by atoms with Gasteiger partial charge in [-0.1, -0.05) is 6.07 Å². The second-order valence-corrected chi connectivity index (χ2v) is 4.70. The van der Waals surface area contributed by atoms with Crippen molar-refractivity contribution in [3.63, 3.8) is 0 Å². The third kappa shape index (κ3) is 2.59. The summed E-state index contributed by atoms with van der Waals surface area (Å²) in [6.45, 7) is 0. The van der Waals surface area contributed by atoms with E-state index in [4.69, 9.17) is 0 Å². The molecule has 0 bridgehead atoms. The number of halogens is 1. The molecule has 0 radical (unpaired) electrons. The number of fused-ring (bicyclic) bond motifs is 1. The third-order valence-corrected chi connectivity index (χ3v) is 3.25. The van der Waals surface area contributed by atoms with Crippen LogP contribution in [0.5, 0.6) is 0 Å². The van der Waals surface area contributed by atoms with Crippen molar-refractivity contribution in [1.82, 2.24) is 9.97 Å². The first-order valence-corrected chi connectivity index (χ1v) is 6.43. The van der Waals surface area contributed by atoms with Crippen LogP contribution in [0.15, 0.2) is 48.8 Å². The standard InChI is InChI=1S/C16H13FN2O/c17-13-4-5-14-12(8-13)9-15(19-14)16(20)6-3-11-2-1-7-18-10-11/h1-2,4-5,7-10,19H,3,6H2. The molecule has 0 saturated heterocycles. The van der Waals surface area contributed by atoms with Crippen molar-refractivity contribution in [3.8, 4) is 0 Å². The van der Waals surface area contributed by atoms with E-state index in [2.05, 4.69) is 9.97 Å². The van der Waals surface area contributed by atoms with E-state index < -0.39 is 0 Å². The van der Waals surface area contributed by atoms with Crippen LogP contribution in [-0.2, 0) is 6.42 Å². The van der Waals surface area contributed by atoms with E-state index in [1.54, 1.807) is 24.5 Å². The second-order valence-electron chi connectivity index (χ2n) is 4.70. The zero-order valence-electron chi connectivity index (χ0n) is 10.8. The van der Waals surface area contributed by atoms with E-state index >= 15 is 0 Å². The highest BCUT2D eigenvalue weighted by Crippen LogP contribution is 2.18. The summed E-state index contributed by atoms with van der Waals surface area (Å²) in [7, 11) is 0. The molecular weight excluding hydrogens is 255 g/mol. The summed E-state index contributed by atoms with van der Waals surface area (Å²) in [5.41, 5.74) is 2.33. The van der Waals surface area contributed by atoms with Gasteiger partial charge >= 0.3 is 0 Å². The predicted octanol–water partition coefficient (Wildman–Crippen LogP) is 3.52. The quantitative estimate of drug-likeness (QED) is 0.736. The highest BCUT2D eigenvalue weighted by atomic mass is 19.1. The molecular formula is C16H13FN2O. The van der Waals surface area contributed by atoms with Gasteiger partial charge in [0.15, 0.2) is 5.78 Å². The molecule has 0 spiro atoms. The lowest BCUT2D eigenvalue weighted by atomic mass is 10.1. The van der Waals surface area contributed by atoms with Crippen molar-refractivity contribution in [2.75, 3.05) is 0 Å². The monoisotopic (exact) mass is 268 g/mol. The van der Waals surface area contributed by atoms with Gasteiger partial charge in [0, 0.05) is 29.7 Å². The summed E-state index contributed by atoms with van der Waals surface area (Å²) < 4.78 is 13.1. The molecule has 0 aliphatic carbocycles. The number of benzene rings is 1. The summed E-state index contributed by atoms with van der Waals surface area (Å²) >= 11 is 0. The molecule has 1 N–H and O–H groups in total. The van der Waals surface area contributed by atoms with Gasteiger partial charge in [0.2, 0.25) is 0 Å². The van der Waals surface area contributed by atoms with Crippen LogP contribution in [0.25, 0.3) is 10.9 Å². The molecule has 0 unspecified atom stereocenters. The number of nitrogens with zero attached hydrogens (tertiary/aromatic N) is 1. The Hall–Kier alpha value is -2.49. The van der Waals surface area contributed by atoms with E-state index in [1.807, 2.05) is 12.1 Å². The Kier molecular flexibility index (Phi) is 3.29. The lowest BCUT2D eigenvalue weighted by Crippen LogP contribution is -2.01. The lowest BCUT2D eigenvalue weighted by Gasteiger charge is -1.99. The van der Waals surface area contributed by atoms with Crippen LogP contribution in [0.3, 0.4) is 0 Å². The van der Waals surface area contributed by atoms with Crippen LogP contribution in [-0.4, -0.2) is 15.8 Å². The molecule has 2 heterocycles. The first-order chi connectivity index (χ1) is 9.72. The van der Waals surface area contributed by atoms with Crippen LogP contribution in [0.4, 0.5) is 4.39 Å². The minimum Gasteiger partial charge on any atom is -0.352 e. The Morgan fingerprint density at radius 1 is 1.25 bits per heavy atom. The lowest BCUT2D eigenvalue weighted by molar-refractivity contribution is 0.0979. The zero-order chi connectivity index (χ0) is 13.9. The second kappa shape index (κ2) is 5.25. The molecule has 3 aromatic rings. The van der Waals surface area contributed by atoms with Gasteiger partial charge in [0.25, 0.3) is 0 Å². The number of carbonyl (C=O) groups is 1. The number of hydrogen-bond donors (Lipinski definition) is 1. The van der Waals surface area contributed by atoms with Gasteiger partial charge in [-0.2, -0.15) is 0 Å². The number of nitrogens with one attached hydrogen (secondary N) is 1. The number of hydrogen-bond acceptors (Lipinski definition) is 2. The first-order valence-electron chi connectivity index (χ1n) is 6.43. The maximum absolute atomic E-state index is 13.1. The van der Waals surface area contributed by atoms with E-state index in [1.165, 1.54) is 12.1 Å². The molecule has 0 aliphatic heterocycles. The molecule has 0 aliphatic rings. The Morgan fingerprint density at radius 3 is 2.95 bits per heavy atom. The van der Waals surface area contributed by atoms with E-state index in [0.29, 0.717) is 18.5 Å². The number of carbonyl (C=O) groups excluding carboxylic acids is 1. The fourth-order valence-corrected chi connectivity index (χ4v) is 2.19. The van der Waals surface area contributed by atoms with Crippen LogP contribution < -0.4 is 0 Å². The Bertz CT molecular complexity index is 750. The summed E-state index contributed by atoms with van der Waals surface area (Å²) in [6.07, 6.45) is 4.52. The van der Waals surface area contributed by atoms with Crippen LogP contribution >= 0.6 is 0 Å². The Labute approximate surface area is 115 Å². The number of aryl methyl sites for hydroxylation is 1. The fraction of sp³-hybridized carbons (Fsp3) is 0.125. The molecule has 100 valence electrons. The van der Waals surface area contributed by atoms with Gasteiger partial charge < -0.3 is 4.98 Å². The molecule has 1 aromatic carbocycles. The molecule has 3 nitrogen and oxygen atoms in total. The maximum atomic E-state index is 13.1. The maximum Gasteiger partial charge on any atom is 0.179 e. The molecule has 0 saturated carbocycles. The number of Topliss-reactive ketones (excluding diaryl/α,β-unsaturated/α-hetero) is 1. The van der Waals surface area contributed by atoms with Gasteiger partial charge in [-0.05, 0) is 42.3 Å². The average molecular weight is 268 g/mol. The molecule has 0 atom stereocenters. The normalized spacial score (nSPS) is 10.8. The van der Waals surface area contributed by atoms with Gasteiger partial charge in [-0.25, -0.2) is 4.39 Å². The highest BCUT2D eigenvalue weighted by molar-refractivity contribution is 5.99. The average Bonchev–Trinajstić information content (AvgIpc) is 2.89. The van der Waals surface area contributed by atoms with Crippen molar-refractivity contribution in [2.24, 2.45) is 0 Å². The highest BCUT2D eigenvalue weighted by Gasteiger charge is 2.10. The molecule has 3 rings (SSSR count). The van der Waals surface area contributed by atoms with Crippen molar-refractivity contribution >= 4 is 16.7 Å². The summed E-state index contributed by atoms with van der Waals surface area (Å²) in [5.74, 6) is -0.281. The van der Waals surface area contributed by atoms with Gasteiger partial charge in [-0.15, -0.1) is 0 Å². The van der Waals surface area contributed by atoms with Crippen molar-refractivity contribution in [2.45, 2.75) is 12.8 Å². The number of pyridine rings is 1. The molecule has 0 fully saturated rings. The molecule has 20 heavy (non-hydrogen) atoms. The number of aromatic nitrogens is 2. The topological polar surface area (TPSA) is 45.8 Å². The smallest absolute Gasteiger partial charge is 0.179 e. The molecule has 4 heteroatoms. The predicted molar refractivity (Wildman–Crippen MR) is 75.1 cm³/mol. The third-order valence-electron chi connectivity index (χ3n) is 3.25. The molecule has 0 amide bonds. The fourth-order valence-electron chi connectivity index (χ4n) is 2.19. The number of H-pyrrole nitrogens is 1. The summed E-state index contributed by atoms with van der Waals surface area (Å²) in [4.78, 5) is 19.2. The van der Waals surface area contributed by atoms with Crippen molar-refractivity contribution in [1.29, 1.82) is 0 Å². The van der Waals surface area contributed by atoms with Crippen LogP contribution in [0.1, 0.15) is 22.5 Å². The van der Waals surface area contributed by atoms with Gasteiger partial charge in [-0.3, -0.25) is 9.78 Å². The van der Waals surface area contributed by atoms with E-state index in [0.717, 1.165) is 16.5 Å². The minimum atomic E-state index is -0.300. The van der Waals surface area contributed by atoms with Crippen LogP contribution in [0, 0.1) is 5.82 Å². The zero-order valence-corrected chi connectivity index (χ0v) is 10.8. The minimum absolute atomic E-state index is 0.0189. The SMILES string of the molecule is O=C(CCc1cccnc1)c1cc2cc(F)ccc2[nH]1. The van der Waals surface area contributed by atoms with Crippen molar-refractivity contribution < 1.29 is 9.18 Å². The summed E-state index contributed by atoms with van der Waals surface area (Å²) in [5, 5.41) is 0.717. The Balaban J connectivity index is 1.75. The van der Waals surface area contributed by atoms with E-state index in [9.17, 15) is 9.18 Å².